The number of nitrogen functional groups attached to an aromatic ring is 1. The van der Waals surface area contributed by atoms with Gasteiger partial charge in [0.2, 0.25) is 0 Å². The number of carbonyl (C=O) groups excluding carboxylic acids is 1. The Bertz CT molecular complexity index is 1120. The Morgan fingerprint density at radius 1 is 0.964 bits per heavy atom. The van der Waals surface area contributed by atoms with E-state index in [0.717, 1.165) is 22.4 Å². The predicted octanol–water partition coefficient (Wildman–Crippen LogP) is 3.21. The van der Waals surface area contributed by atoms with Crippen LogP contribution in [0, 0.1) is 0 Å². The van der Waals surface area contributed by atoms with Crippen molar-refractivity contribution in [2.75, 3.05) is 5.73 Å². The van der Waals surface area contributed by atoms with Crippen LogP contribution in [0.4, 0.5) is 5.82 Å². The van der Waals surface area contributed by atoms with Gasteiger partial charge < -0.3 is 11.5 Å². The Morgan fingerprint density at radius 3 is 2.46 bits per heavy atom. The van der Waals surface area contributed by atoms with Crippen LogP contribution in [-0.4, -0.2) is 20.5 Å². The minimum atomic E-state index is -0.173. The van der Waals surface area contributed by atoms with Crippen molar-refractivity contribution in [2.24, 2.45) is 5.73 Å². The standard InChI is InChI=1S/C22H19N5O/c23-12-15-6-8-19(9-7-15)27-22(24)20(14-26-27)21(28)17-4-1-3-16(11-17)18-5-2-10-25-13-18/h1-11,13-14H,12,23-24H2. The van der Waals surface area contributed by atoms with E-state index in [1.807, 2.05) is 54.6 Å². The molecule has 4 N–H and O–H groups in total. The lowest BCUT2D eigenvalue weighted by Gasteiger charge is -2.07. The average Bonchev–Trinajstić information content (AvgIpc) is 3.15. The summed E-state index contributed by atoms with van der Waals surface area (Å²) in [7, 11) is 0. The minimum Gasteiger partial charge on any atom is -0.383 e. The number of rotatable bonds is 5. The van der Waals surface area contributed by atoms with Gasteiger partial charge in [-0.3, -0.25) is 9.78 Å². The summed E-state index contributed by atoms with van der Waals surface area (Å²) >= 11 is 0. The number of nitrogens with zero attached hydrogens (tertiary/aromatic N) is 3. The maximum Gasteiger partial charge on any atom is 0.198 e. The van der Waals surface area contributed by atoms with Gasteiger partial charge in [-0.2, -0.15) is 5.10 Å². The summed E-state index contributed by atoms with van der Waals surface area (Å²) in [4.78, 5) is 17.2. The maximum atomic E-state index is 13.0. The second kappa shape index (κ2) is 7.46. The fraction of sp³-hybridized carbons (Fsp3) is 0.0455. The third-order valence-electron chi connectivity index (χ3n) is 4.59. The van der Waals surface area contributed by atoms with E-state index in [2.05, 4.69) is 10.1 Å². The first-order valence-electron chi connectivity index (χ1n) is 8.85. The highest BCUT2D eigenvalue weighted by Crippen LogP contribution is 2.24. The zero-order chi connectivity index (χ0) is 19.5. The van der Waals surface area contributed by atoms with Gasteiger partial charge in [-0.25, -0.2) is 4.68 Å². The molecular weight excluding hydrogens is 350 g/mol. The van der Waals surface area contributed by atoms with Crippen LogP contribution in [0.3, 0.4) is 0 Å². The summed E-state index contributed by atoms with van der Waals surface area (Å²) in [5.74, 6) is 0.130. The molecule has 0 saturated carbocycles. The van der Waals surface area contributed by atoms with Crippen LogP contribution in [0.15, 0.2) is 79.3 Å². The Labute approximate surface area is 162 Å². The number of benzene rings is 2. The monoisotopic (exact) mass is 369 g/mol. The normalized spacial score (nSPS) is 10.8. The fourth-order valence-electron chi connectivity index (χ4n) is 3.04. The molecule has 28 heavy (non-hydrogen) atoms. The van der Waals surface area contributed by atoms with Crippen molar-refractivity contribution in [1.82, 2.24) is 14.8 Å². The minimum absolute atomic E-state index is 0.173. The molecule has 0 aliphatic rings. The summed E-state index contributed by atoms with van der Waals surface area (Å²) in [6, 6.07) is 18.8. The zero-order valence-corrected chi connectivity index (χ0v) is 15.1. The first-order chi connectivity index (χ1) is 13.7. The lowest BCUT2D eigenvalue weighted by atomic mass is 10.00. The quantitative estimate of drug-likeness (QED) is 0.526. The van der Waals surface area contributed by atoms with E-state index in [9.17, 15) is 4.79 Å². The van der Waals surface area contributed by atoms with Crippen LogP contribution in [0.1, 0.15) is 21.5 Å². The second-order valence-electron chi connectivity index (χ2n) is 6.38. The topological polar surface area (TPSA) is 99.8 Å². The van der Waals surface area contributed by atoms with Crippen molar-refractivity contribution in [3.63, 3.8) is 0 Å². The molecule has 2 aromatic carbocycles. The van der Waals surface area contributed by atoms with E-state index < -0.39 is 0 Å². The van der Waals surface area contributed by atoms with E-state index in [0.29, 0.717) is 23.5 Å². The molecule has 2 aromatic heterocycles. The van der Waals surface area contributed by atoms with Crippen molar-refractivity contribution in [1.29, 1.82) is 0 Å². The van der Waals surface area contributed by atoms with Gasteiger partial charge in [0.1, 0.15) is 5.82 Å². The highest BCUT2D eigenvalue weighted by Gasteiger charge is 2.18. The molecule has 4 aromatic rings. The molecule has 0 amide bonds. The van der Waals surface area contributed by atoms with Crippen molar-refractivity contribution in [2.45, 2.75) is 6.54 Å². The van der Waals surface area contributed by atoms with Gasteiger partial charge in [-0.15, -0.1) is 0 Å². The second-order valence-corrected chi connectivity index (χ2v) is 6.38. The fourth-order valence-corrected chi connectivity index (χ4v) is 3.04. The highest BCUT2D eigenvalue weighted by molar-refractivity contribution is 6.12. The number of nitrogens with two attached hydrogens (primary N) is 2. The summed E-state index contributed by atoms with van der Waals surface area (Å²) in [6.45, 7) is 0.464. The number of hydrogen-bond acceptors (Lipinski definition) is 5. The molecule has 0 unspecified atom stereocenters. The Hall–Kier alpha value is -3.77. The molecule has 0 fully saturated rings. The molecule has 0 spiro atoms. The van der Waals surface area contributed by atoms with Crippen molar-refractivity contribution >= 4 is 11.6 Å². The molecule has 138 valence electrons. The number of ketones is 1. The Balaban J connectivity index is 1.67. The summed E-state index contributed by atoms with van der Waals surface area (Å²) in [5.41, 5.74) is 16.4. The summed E-state index contributed by atoms with van der Waals surface area (Å²) < 4.78 is 1.55. The van der Waals surface area contributed by atoms with Crippen molar-refractivity contribution < 1.29 is 4.79 Å². The van der Waals surface area contributed by atoms with Gasteiger partial charge in [-0.1, -0.05) is 36.4 Å². The van der Waals surface area contributed by atoms with Gasteiger partial charge in [0, 0.05) is 30.1 Å². The molecule has 0 atom stereocenters. The molecule has 0 radical (unpaired) electrons. The van der Waals surface area contributed by atoms with Crippen LogP contribution < -0.4 is 11.5 Å². The number of carbonyl (C=O) groups is 1. The summed E-state index contributed by atoms with van der Waals surface area (Å²) in [5, 5.41) is 4.30. The SMILES string of the molecule is NCc1ccc(-n2ncc(C(=O)c3cccc(-c4cccnc4)c3)c2N)cc1. The van der Waals surface area contributed by atoms with Crippen LogP contribution in [-0.2, 0) is 6.54 Å². The lowest BCUT2D eigenvalue weighted by Crippen LogP contribution is -2.07. The molecule has 2 heterocycles. The Morgan fingerprint density at radius 2 is 1.75 bits per heavy atom. The molecule has 0 saturated heterocycles. The maximum absolute atomic E-state index is 13.0. The zero-order valence-electron chi connectivity index (χ0n) is 15.1. The third kappa shape index (κ3) is 3.28. The smallest absolute Gasteiger partial charge is 0.198 e. The van der Waals surface area contributed by atoms with Gasteiger partial charge in [0.15, 0.2) is 5.78 Å². The number of anilines is 1. The predicted molar refractivity (Wildman–Crippen MR) is 109 cm³/mol. The van der Waals surface area contributed by atoms with Crippen LogP contribution >= 0.6 is 0 Å². The van der Waals surface area contributed by atoms with E-state index in [-0.39, 0.29) is 5.78 Å². The molecule has 4 rings (SSSR count). The molecule has 6 nitrogen and oxygen atoms in total. The third-order valence-corrected chi connectivity index (χ3v) is 4.59. The summed E-state index contributed by atoms with van der Waals surface area (Å²) in [6.07, 6.45) is 4.99. The average molecular weight is 369 g/mol. The highest BCUT2D eigenvalue weighted by atomic mass is 16.1. The lowest BCUT2D eigenvalue weighted by molar-refractivity contribution is 0.103. The molecular formula is C22H19N5O. The van der Waals surface area contributed by atoms with Crippen LogP contribution in [0.2, 0.25) is 0 Å². The van der Waals surface area contributed by atoms with Gasteiger partial charge in [-0.05, 0) is 35.4 Å². The van der Waals surface area contributed by atoms with Crippen LogP contribution in [0.25, 0.3) is 16.8 Å². The molecule has 0 aliphatic carbocycles. The Kier molecular flexibility index (Phi) is 4.70. The first-order valence-corrected chi connectivity index (χ1v) is 8.85. The first kappa shape index (κ1) is 17.6. The van der Waals surface area contributed by atoms with E-state index in [1.54, 1.807) is 23.1 Å². The van der Waals surface area contributed by atoms with Gasteiger partial charge in [0.05, 0.1) is 17.4 Å². The van der Waals surface area contributed by atoms with Gasteiger partial charge in [0.25, 0.3) is 0 Å². The molecule has 0 aliphatic heterocycles. The number of aromatic nitrogens is 3. The van der Waals surface area contributed by atoms with Crippen molar-refractivity contribution in [3.05, 3.63) is 95.9 Å². The largest absolute Gasteiger partial charge is 0.383 e. The molecule has 6 heteroatoms. The van der Waals surface area contributed by atoms with E-state index in [4.69, 9.17) is 11.5 Å². The van der Waals surface area contributed by atoms with E-state index in [1.165, 1.54) is 6.20 Å². The van der Waals surface area contributed by atoms with E-state index >= 15 is 0 Å². The van der Waals surface area contributed by atoms with Crippen molar-refractivity contribution in [3.8, 4) is 16.8 Å². The van der Waals surface area contributed by atoms with Gasteiger partial charge >= 0.3 is 0 Å². The number of pyridine rings is 1. The number of hydrogen-bond donors (Lipinski definition) is 2. The van der Waals surface area contributed by atoms with Crippen LogP contribution in [0.5, 0.6) is 0 Å². The molecule has 0 bridgehead atoms.